The second-order valence-electron chi connectivity index (χ2n) is 6.81. The van der Waals surface area contributed by atoms with Crippen molar-refractivity contribution in [2.75, 3.05) is 18.4 Å². The number of hydrogen-bond donors (Lipinski definition) is 1. The number of hydrogen-bond acceptors (Lipinski definition) is 3. The maximum absolute atomic E-state index is 12.6. The molecule has 0 spiro atoms. The topological polar surface area (TPSA) is 54.5 Å². The lowest BCUT2D eigenvalue weighted by Crippen LogP contribution is -2.34. The summed E-state index contributed by atoms with van der Waals surface area (Å²) in [6.45, 7) is 0.880. The standard InChI is InChI=1S/C21H18F3N3O2/c22-21(23,24)15-6-8-16(9-7-15)26-20(28)27-12-10-17(13-27)29-18-5-1-3-14-4-2-11-25-19(14)18/h1-9,11,17H,10,12-13H2,(H,26,28)/t17-/m0/s1. The second-order valence-corrected chi connectivity index (χ2v) is 6.81. The molecule has 2 aromatic carbocycles. The summed E-state index contributed by atoms with van der Waals surface area (Å²) in [7, 11) is 0. The van der Waals surface area contributed by atoms with Crippen LogP contribution in [-0.2, 0) is 6.18 Å². The number of alkyl halides is 3. The number of carbonyl (C=O) groups is 1. The Balaban J connectivity index is 1.37. The minimum Gasteiger partial charge on any atom is -0.486 e. The van der Waals surface area contributed by atoms with Gasteiger partial charge in [0.15, 0.2) is 0 Å². The molecule has 1 aliphatic rings. The Morgan fingerprint density at radius 3 is 2.62 bits per heavy atom. The van der Waals surface area contributed by atoms with Gasteiger partial charge in [-0.3, -0.25) is 4.98 Å². The Bertz CT molecular complexity index is 1020. The van der Waals surface area contributed by atoms with Crippen molar-refractivity contribution in [1.29, 1.82) is 0 Å². The molecular weight excluding hydrogens is 383 g/mol. The molecule has 1 atom stereocenters. The van der Waals surface area contributed by atoms with E-state index in [0.29, 0.717) is 30.9 Å². The summed E-state index contributed by atoms with van der Waals surface area (Å²) in [5.74, 6) is 0.665. The van der Waals surface area contributed by atoms with Gasteiger partial charge in [0, 0.05) is 30.2 Å². The fourth-order valence-corrected chi connectivity index (χ4v) is 3.30. The lowest BCUT2D eigenvalue weighted by Gasteiger charge is -2.18. The highest BCUT2D eigenvalue weighted by Gasteiger charge is 2.31. The molecule has 5 nitrogen and oxygen atoms in total. The van der Waals surface area contributed by atoms with Gasteiger partial charge in [-0.25, -0.2) is 4.79 Å². The molecule has 1 N–H and O–H groups in total. The number of para-hydroxylation sites is 1. The number of halogens is 3. The van der Waals surface area contributed by atoms with E-state index in [1.54, 1.807) is 11.1 Å². The van der Waals surface area contributed by atoms with Crippen molar-refractivity contribution in [3.63, 3.8) is 0 Å². The van der Waals surface area contributed by atoms with Gasteiger partial charge < -0.3 is 15.0 Å². The number of nitrogens with zero attached hydrogens (tertiary/aromatic N) is 2. The lowest BCUT2D eigenvalue weighted by molar-refractivity contribution is -0.137. The molecular formula is C21H18F3N3O2. The molecule has 0 saturated carbocycles. The fourth-order valence-electron chi connectivity index (χ4n) is 3.30. The van der Waals surface area contributed by atoms with Crippen LogP contribution >= 0.6 is 0 Å². The molecule has 1 saturated heterocycles. The molecule has 3 aromatic rings. The summed E-state index contributed by atoms with van der Waals surface area (Å²) in [5, 5.41) is 3.60. The Kier molecular flexibility index (Phi) is 5.00. The Morgan fingerprint density at radius 1 is 1.10 bits per heavy atom. The summed E-state index contributed by atoms with van der Waals surface area (Å²) in [4.78, 5) is 18.4. The van der Waals surface area contributed by atoms with E-state index in [1.807, 2.05) is 30.3 Å². The molecule has 29 heavy (non-hydrogen) atoms. The number of anilines is 1. The van der Waals surface area contributed by atoms with Gasteiger partial charge in [-0.15, -0.1) is 0 Å². The number of pyridine rings is 1. The number of amides is 2. The molecule has 1 aliphatic heterocycles. The van der Waals surface area contributed by atoms with Crippen LogP contribution in [0.15, 0.2) is 60.8 Å². The Hall–Kier alpha value is -3.29. The first-order valence-corrected chi connectivity index (χ1v) is 9.14. The number of rotatable bonds is 3. The summed E-state index contributed by atoms with van der Waals surface area (Å²) in [5.41, 5.74) is 0.321. The highest BCUT2D eigenvalue weighted by molar-refractivity contribution is 5.89. The number of aromatic nitrogens is 1. The summed E-state index contributed by atoms with van der Waals surface area (Å²) in [6.07, 6.45) is -2.23. The molecule has 0 bridgehead atoms. The zero-order valence-electron chi connectivity index (χ0n) is 15.3. The molecule has 1 fully saturated rings. The SMILES string of the molecule is O=C(Nc1ccc(C(F)(F)F)cc1)N1CC[C@H](Oc2cccc3cccnc23)C1. The Labute approximate surface area is 165 Å². The van der Waals surface area contributed by atoms with E-state index < -0.39 is 11.7 Å². The minimum atomic E-state index is -4.40. The van der Waals surface area contributed by atoms with E-state index in [1.165, 1.54) is 12.1 Å². The number of nitrogens with one attached hydrogen (secondary N) is 1. The maximum atomic E-state index is 12.6. The predicted octanol–water partition coefficient (Wildman–Crippen LogP) is 4.94. The average molecular weight is 401 g/mol. The van der Waals surface area contributed by atoms with Gasteiger partial charge in [-0.1, -0.05) is 18.2 Å². The Morgan fingerprint density at radius 2 is 1.86 bits per heavy atom. The van der Waals surface area contributed by atoms with Crippen LogP contribution < -0.4 is 10.1 Å². The fraction of sp³-hybridized carbons (Fsp3) is 0.238. The molecule has 2 heterocycles. The van der Waals surface area contributed by atoms with Crippen molar-refractivity contribution < 1.29 is 22.7 Å². The monoisotopic (exact) mass is 401 g/mol. The average Bonchev–Trinajstić information content (AvgIpc) is 3.17. The molecule has 1 aromatic heterocycles. The first-order chi connectivity index (χ1) is 13.9. The number of benzene rings is 2. The maximum Gasteiger partial charge on any atom is 0.416 e. The van der Waals surface area contributed by atoms with E-state index in [0.717, 1.165) is 23.0 Å². The van der Waals surface area contributed by atoms with Crippen LogP contribution in [0.1, 0.15) is 12.0 Å². The zero-order valence-corrected chi connectivity index (χ0v) is 15.3. The number of fused-ring (bicyclic) bond motifs is 1. The number of urea groups is 1. The van der Waals surface area contributed by atoms with E-state index >= 15 is 0 Å². The van der Waals surface area contributed by atoms with E-state index in [-0.39, 0.29) is 12.1 Å². The van der Waals surface area contributed by atoms with Crippen molar-refractivity contribution in [3.05, 3.63) is 66.4 Å². The van der Waals surface area contributed by atoms with Crippen LogP contribution in [0, 0.1) is 0 Å². The highest BCUT2D eigenvalue weighted by Crippen LogP contribution is 2.30. The normalized spacial score (nSPS) is 16.8. The predicted molar refractivity (Wildman–Crippen MR) is 103 cm³/mol. The van der Waals surface area contributed by atoms with E-state index in [2.05, 4.69) is 10.3 Å². The number of likely N-dealkylation sites (tertiary alicyclic amines) is 1. The minimum absolute atomic E-state index is 0.180. The van der Waals surface area contributed by atoms with Crippen molar-refractivity contribution in [2.45, 2.75) is 18.7 Å². The van der Waals surface area contributed by atoms with Gasteiger partial charge in [0.2, 0.25) is 0 Å². The largest absolute Gasteiger partial charge is 0.486 e. The van der Waals surface area contributed by atoms with Crippen molar-refractivity contribution >= 4 is 22.6 Å². The van der Waals surface area contributed by atoms with Crippen LogP contribution in [0.4, 0.5) is 23.7 Å². The third kappa shape index (κ3) is 4.26. The van der Waals surface area contributed by atoms with E-state index in [9.17, 15) is 18.0 Å². The van der Waals surface area contributed by atoms with Crippen LogP contribution in [0.5, 0.6) is 5.75 Å². The lowest BCUT2D eigenvalue weighted by atomic mass is 10.2. The molecule has 150 valence electrons. The van der Waals surface area contributed by atoms with Crippen LogP contribution in [0.2, 0.25) is 0 Å². The summed E-state index contributed by atoms with van der Waals surface area (Å²) in [6, 6.07) is 13.5. The molecule has 0 radical (unpaired) electrons. The molecule has 8 heteroatoms. The van der Waals surface area contributed by atoms with Gasteiger partial charge in [0.25, 0.3) is 0 Å². The third-order valence-corrected chi connectivity index (χ3v) is 4.79. The second kappa shape index (κ2) is 7.62. The van der Waals surface area contributed by atoms with Gasteiger partial charge in [0.1, 0.15) is 17.4 Å². The van der Waals surface area contributed by atoms with Crippen molar-refractivity contribution in [1.82, 2.24) is 9.88 Å². The smallest absolute Gasteiger partial charge is 0.416 e. The first-order valence-electron chi connectivity index (χ1n) is 9.14. The van der Waals surface area contributed by atoms with Gasteiger partial charge in [-0.05, 0) is 36.4 Å². The summed E-state index contributed by atoms with van der Waals surface area (Å²) >= 11 is 0. The quantitative estimate of drug-likeness (QED) is 0.677. The third-order valence-electron chi connectivity index (χ3n) is 4.79. The van der Waals surface area contributed by atoms with Gasteiger partial charge >= 0.3 is 12.2 Å². The highest BCUT2D eigenvalue weighted by atomic mass is 19.4. The van der Waals surface area contributed by atoms with Crippen LogP contribution in [0.25, 0.3) is 10.9 Å². The molecule has 4 rings (SSSR count). The molecule has 0 unspecified atom stereocenters. The van der Waals surface area contributed by atoms with Crippen molar-refractivity contribution in [3.8, 4) is 5.75 Å². The van der Waals surface area contributed by atoms with Gasteiger partial charge in [-0.2, -0.15) is 13.2 Å². The van der Waals surface area contributed by atoms with Crippen LogP contribution in [0.3, 0.4) is 0 Å². The summed E-state index contributed by atoms with van der Waals surface area (Å²) < 4.78 is 44.0. The van der Waals surface area contributed by atoms with Crippen LogP contribution in [-0.4, -0.2) is 35.1 Å². The molecule has 0 aliphatic carbocycles. The van der Waals surface area contributed by atoms with Gasteiger partial charge in [0.05, 0.1) is 12.1 Å². The van der Waals surface area contributed by atoms with E-state index in [4.69, 9.17) is 4.74 Å². The molecule has 2 amide bonds. The zero-order chi connectivity index (χ0) is 20.4. The first kappa shape index (κ1) is 19.0. The number of carbonyl (C=O) groups excluding carboxylic acids is 1. The number of ether oxygens (including phenoxy) is 1. The van der Waals surface area contributed by atoms with Crippen molar-refractivity contribution in [2.24, 2.45) is 0 Å².